The van der Waals surface area contributed by atoms with E-state index in [2.05, 4.69) is 22.0 Å². The van der Waals surface area contributed by atoms with Gasteiger partial charge in [0.15, 0.2) is 0 Å². The molecule has 3 rings (SSSR count). The van der Waals surface area contributed by atoms with Gasteiger partial charge in [-0.2, -0.15) is 5.26 Å². The van der Waals surface area contributed by atoms with E-state index in [9.17, 15) is 19.6 Å². The molecule has 3 amide bonds. The number of amides is 3. The predicted octanol–water partition coefficient (Wildman–Crippen LogP) is 2.66. The summed E-state index contributed by atoms with van der Waals surface area (Å²) in [5.41, 5.74) is 0. The van der Waals surface area contributed by atoms with Gasteiger partial charge in [-0.05, 0) is 56.3 Å². The highest BCUT2D eigenvalue weighted by Crippen LogP contribution is 2.35. The Labute approximate surface area is 186 Å². The minimum atomic E-state index is -0.732. The monoisotopic (exact) mass is 430 g/mol. The number of nitrogens with one attached hydrogen (secondary N) is 3. The van der Waals surface area contributed by atoms with E-state index >= 15 is 0 Å². The molecule has 3 N–H and O–H groups in total. The molecule has 0 spiro atoms. The van der Waals surface area contributed by atoms with Crippen LogP contribution in [0.25, 0.3) is 0 Å². The smallest absolute Gasteiger partial charge is 0.243 e. The van der Waals surface area contributed by atoms with Crippen molar-refractivity contribution in [3.05, 3.63) is 0 Å². The summed E-state index contributed by atoms with van der Waals surface area (Å²) in [7, 11) is 0. The molecule has 0 bridgehead atoms. The van der Waals surface area contributed by atoms with Crippen LogP contribution in [-0.4, -0.2) is 36.3 Å². The normalized spacial score (nSPS) is 33.7. The third kappa shape index (κ3) is 6.21. The Balaban J connectivity index is 1.81. The summed E-state index contributed by atoms with van der Waals surface area (Å²) in [5.74, 6) is 0.182. The zero-order chi connectivity index (χ0) is 22.4. The molecule has 0 aromatic rings. The van der Waals surface area contributed by atoms with Crippen LogP contribution < -0.4 is 16.0 Å². The van der Waals surface area contributed by atoms with E-state index in [1.807, 2.05) is 13.8 Å². The Hall–Kier alpha value is -2.10. The van der Waals surface area contributed by atoms with Gasteiger partial charge in [0, 0.05) is 18.4 Å². The van der Waals surface area contributed by atoms with Crippen molar-refractivity contribution in [3.63, 3.8) is 0 Å². The fourth-order valence-electron chi connectivity index (χ4n) is 5.69. The second kappa shape index (κ2) is 11.0. The average Bonchev–Trinajstić information content (AvgIpc) is 3.37. The molecule has 0 aromatic carbocycles. The van der Waals surface area contributed by atoms with E-state index < -0.39 is 12.1 Å². The molecule has 2 aliphatic heterocycles. The maximum atomic E-state index is 13.3. The van der Waals surface area contributed by atoms with Crippen molar-refractivity contribution in [2.45, 2.75) is 90.1 Å². The molecular formula is C24H38N4O3. The van der Waals surface area contributed by atoms with Crippen molar-refractivity contribution in [1.82, 2.24) is 16.0 Å². The van der Waals surface area contributed by atoms with Gasteiger partial charge in [0.05, 0.1) is 6.07 Å². The van der Waals surface area contributed by atoms with Crippen LogP contribution in [0.3, 0.4) is 0 Å². The fourth-order valence-corrected chi connectivity index (χ4v) is 5.69. The first-order chi connectivity index (χ1) is 14.9. The predicted molar refractivity (Wildman–Crippen MR) is 117 cm³/mol. The molecule has 7 heteroatoms. The maximum Gasteiger partial charge on any atom is 0.243 e. The second-order valence-corrected chi connectivity index (χ2v) is 10.2. The van der Waals surface area contributed by atoms with Gasteiger partial charge >= 0.3 is 0 Å². The summed E-state index contributed by atoms with van der Waals surface area (Å²) < 4.78 is 0. The molecule has 7 nitrogen and oxygen atoms in total. The summed E-state index contributed by atoms with van der Waals surface area (Å²) in [6.45, 7) is 4.68. The molecule has 5 atom stereocenters. The van der Waals surface area contributed by atoms with Crippen LogP contribution in [0, 0.1) is 40.9 Å². The summed E-state index contributed by atoms with van der Waals surface area (Å²) in [5, 5.41) is 18.4. The molecule has 1 aliphatic carbocycles. The number of hydrogen-bond acceptors (Lipinski definition) is 4. The number of carbonyl (C=O) groups is 3. The van der Waals surface area contributed by atoms with Crippen molar-refractivity contribution in [1.29, 1.82) is 5.26 Å². The molecule has 0 unspecified atom stereocenters. The molecule has 2 saturated heterocycles. The molecular weight excluding hydrogens is 392 g/mol. The van der Waals surface area contributed by atoms with E-state index in [0.29, 0.717) is 25.3 Å². The van der Waals surface area contributed by atoms with Crippen LogP contribution in [0.15, 0.2) is 0 Å². The molecule has 2 heterocycles. The lowest BCUT2D eigenvalue weighted by atomic mass is 9.82. The summed E-state index contributed by atoms with van der Waals surface area (Å²) in [6.07, 6.45) is 9.04. The van der Waals surface area contributed by atoms with Crippen LogP contribution in [0.2, 0.25) is 0 Å². The van der Waals surface area contributed by atoms with Gasteiger partial charge in [-0.1, -0.05) is 39.5 Å². The minimum absolute atomic E-state index is 0.00569. The first kappa shape index (κ1) is 23.6. The minimum Gasteiger partial charge on any atom is -0.356 e. The molecule has 3 fully saturated rings. The lowest BCUT2D eigenvalue weighted by Crippen LogP contribution is -2.52. The van der Waals surface area contributed by atoms with Gasteiger partial charge in [0.1, 0.15) is 12.1 Å². The standard InChI is InChI=1S/C24H38N4O3/c1-15(2)11-21-24(31)27-18(13-25)12-20-17(14-26-22(20)29)9-5-6-10-19(23(30)28-21)16-7-3-4-8-16/h15-21H,3-12,14H2,1-2H3,(H,26,29)(H,27,31)(H,28,30)/t17-,18-,19+,20-,21-/m0/s1. The van der Waals surface area contributed by atoms with Gasteiger partial charge in [0.2, 0.25) is 17.7 Å². The van der Waals surface area contributed by atoms with Crippen molar-refractivity contribution in [3.8, 4) is 6.07 Å². The number of nitriles is 1. The van der Waals surface area contributed by atoms with E-state index in [0.717, 1.165) is 38.5 Å². The lowest BCUT2D eigenvalue weighted by Gasteiger charge is -2.28. The zero-order valence-corrected chi connectivity index (χ0v) is 19.0. The molecule has 31 heavy (non-hydrogen) atoms. The third-order valence-electron chi connectivity index (χ3n) is 7.39. The van der Waals surface area contributed by atoms with Gasteiger partial charge in [-0.25, -0.2) is 0 Å². The summed E-state index contributed by atoms with van der Waals surface area (Å²) in [4.78, 5) is 38.7. The number of nitrogens with zero attached hydrogens (tertiary/aromatic N) is 1. The van der Waals surface area contributed by atoms with Crippen molar-refractivity contribution < 1.29 is 14.4 Å². The summed E-state index contributed by atoms with van der Waals surface area (Å²) >= 11 is 0. The Bertz CT molecular complexity index is 695. The van der Waals surface area contributed by atoms with Gasteiger partial charge in [-0.15, -0.1) is 0 Å². The molecule has 0 radical (unpaired) electrons. The lowest BCUT2D eigenvalue weighted by molar-refractivity contribution is -0.133. The van der Waals surface area contributed by atoms with Crippen LogP contribution in [0.5, 0.6) is 0 Å². The number of rotatable bonds is 3. The Morgan fingerprint density at radius 3 is 2.16 bits per heavy atom. The largest absolute Gasteiger partial charge is 0.356 e. The highest BCUT2D eigenvalue weighted by molar-refractivity contribution is 5.89. The highest BCUT2D eigenvalue weighted by Gasteiger charge is 2.38. The van der Waals surface area contributed by atoms with Crippen molar-refractivity contribution >= 4 is 17.7 Å². The third-order valence-corrected chi connectivity index (χ3v) is 7.39. The molecule has 1 saturated carbocycles. The van der Waals surface area contributed by atoms with Crippen LogP contribution in [0.4, 0.5) is 0 Å². The van der Waals surface area contributed by atoms with E-state index in [1.165, 1.54) is 12.8 Å². The topological polar surface area (TPSA) is 111 Å². The Kier molecular flexibility index (Phi) is 8.34. The van der Waals surface area contributed by atoms with E-state index in [-0.39, 0.29) is 41.4 Å². The van der Waals surface area contributed by atoms with Crippen LogP contribution in [-0.2, 0) is 14.4 Å². The first-order valence-electron chi connectivity index (χ1n) is 12.2. The molecule has 3 aliphatic rings. The number of hydrogen-bond donors (Lipinski definition) is 3. The summed E-state index contributed by atoms with van der Waals surface area (Å²) in [6, 6.07) is 0.779. The van der Waals surface area contributed by atoms with Gasteiger partial charge in [0.25, 0.3) is 0 Å². The van der Waals surface area contributed by atoms with Crippen LogP contribution >= 0.6 is 0 Å². The maximum absolute atomic E-state index is 13.3. The fraction of sp³-hybridized carbons (Fsp3) is 0.833. The van der Waals surface area contributed by atoms with Crippen LogP contribution in [0.1, 0.15) is 78.1 Å². The van der Waals surface area contributed by atoms with Crippen molar-refractivity contribution in [2.75, 3.05) is 6.54 Å². The first-order valence-corrected chi connectivity index (χ1v) is 12.2. The molecule has 0 aromatic heterocycles. The Morgan fingerprint density at radius 1 is 0.871 bits per heavy atom. The van der Waals surface area contributed by atoms with Gasteiger partial charge < -0.3 is 16.0 Å². The van der Waals surface area contributed by atoms with Gasteiger partial charge in [-0.3, -0.25) is 14.4 Å². The quantitative estimate of drug-likeness (QED) is 0.639. The van der Waals surface area contributed by atoms with Crippen molar-refractivity contribution in [2.24, 2.45) is 29.6 Å². The second-order valence-electron chi connectivity index (χ2n) is 10.2. The zero-order valence-electron chi connectivity index (χ0n) is 19.0. The van der Waals surface area contributed by atoms with E-state index in [1.54, 1.807) is 0 Å². The molecule has 172 valence electrons. The Morgan fingerprint density at radius 2 is 1.52 bits per heavy atom. The average molecular weight is 431 g/mol. The van der Waals surface area contributed by atoms with E-state index in [4.69, 9.17) is 0 Å². The SMILES string of the molecule is CC(C)C[C@@H]1NC(=O)[C@@H](C2CCCC2)CCCC[C@H]2CNC(=O)[C@H]2C[C@@H](C#N)NC1=O. The number of fused-ring (bicyclic) bond motifs is 1. The highest BCUT2D eigenvalue weighted by atomic mass is 16.2. The number of carbonyl (C=O) groups excluding carboxylic acids is 3.